The summed E-state index contributed by atoms with van der Waals surface area (Å²) in [4.78, 5) is 55.7. The molecule has 0 aromatic heterocycles. The van der Waals surface area contributed by atoms with Crippen molar-refractivity contribution in [3.8, 4) is 0 Å². The van der Waals surface area contributed by atoms with Gasteiger partial charge in [-0.25, -0.2) is 14.4 Å². The van der Waals surface area contributed by atoms with E-state index >= 15 is 0 Å². The molecule has 0 heterocycles. The molecule has 4 N–H and O–H groups in total. The van der Waals surface area contributed by atoms with Gasteiger partial charge in [-0.1, -0.05) is 13.8 Å². The molecule has 0 radical (unpaired) electrons. The van der Waals surface area contributed by atoms with Gasteiger partial charge in [0.15, 0.2) is 0 Å². The highest BCUT2D eigenvalue weighted by Gasteiger charge is 2.33. The molecule has 0 aromatic carbocycles. The van der Waals surface area contributed by atoms with Gasteiger partial charge in [-0.2, -0.15) is 0 Å². The molecule has 2 atom stereocenters. The molecule has 2 unspecified atom stereocenters. The van der Waals surface area contributed by atoms with Crippen LogP contribution in [0.4, 0.5) is 4.79 Å². The van der Waals surface area contributed by atoms with Gasteiger partial charge >= 0.3 is 23.9 Å². The van der Waals surface area contributed by atoms with Crippen molar-refractivity contribution in [2.24, 2.45) is 5.92 Å². The van der Waals surface area contributed by atoms with Gasteiger partial charge in [0.05, 0.1) is 6.42 Å². The summed E-state index contributed by atoms with van der Waals surface area (Å²) in [5, 5.41) is 28.3. The van der Waals surface area contributed by atoms with E-state index in [4.69, 9.17) is 15.3 Å². The van der Waals surface area contributed by atoms with Gasteiger partial charge < -0.3 is 20.6 Å². The van der Waals surface area contributed by atoms with Crippen molar-refractivity contribution in [3.63, 3.8) is 0 Å². The highest BCUT2D eigenvalue weighted by atomic mass is 16.4. The third-order valence-electron chi connectivity index (χ3n) is 2.64. The van der Waals surface area contributed by atoms with Crippen LogP contribution in [0.2, 0.25) is 0 Å². The summed E-state index contributed by atoms with van der Waals surface area (Å²) in [5.74, 6) is -4.66. The van der Waals surface area contributed by atoms with Crippen LogP contribution in [0.3, 0.4) is 0 Å². The lowest BCUT2D eigenvalue weighted by atomic mass is 10.0. The Kier molecular flexibility index (Phi) is 7.56. The van der Waals surface area contributed by atoms with E-state index < -0.39 is 42.4 Å². The van der Waals surface area contributed by atoms with E-state index in [1.807, 2.05) is 5.32 Å². The van der Waals surface area contributed by atoms with Gasteiger partial charge in [0, 0.05) is 0 Å². The molecule has 10 heteroatoms. The summed E-state index contributed by atoms with van der Waals surface area (Å²) < 4.78 is 0. The van der Waals surface area contributed by atoms with Crippen molar-refractivity contribution < 1.29 is 39.3 Å². The maximum Gasteiger partial charge on any atom is 0.326 e. The monoisotopic (exact) mass is 318 g/mol. The fraction of sp³-hybridized carbons (Fsp3) is 0.583. The van der Waals surface area contributed by atoms with E-state index in [0.717, 1.165) is 0 Å². The zero-order chi connectivity index (χ0) is 17.4. The number of nitrogens with one attached hydrogen (secondary N) is 1. The van der Waals surface area contributed by atoms with Crippen LogP contribution in [0.15, 0.2) is 0 Å². The van der Waals surface area contributed by atoms with Crippen LogP contribution in [-0.2, 0) is 19.2 Å². The molecule has 0 saturated heterocycles. The first-order valence-corrected chi connectivity index (χ1v) is 6.31. The Morgan fingerprint density at radius 2 is 1.64 bits per heavy atom. The van der Waals surface area contributed by atoms with Gasteiger partial charge in [-0.15, -0.1) is 0 Å². The Bertz CT molecular complexity index is 462. The maximum absolute atomic E-state index is 11.9. The van der Waals surface area contributed by atoms with Crippen molar-refractivity contribution in [3.05, 3.63) is 0 Å². The first kappa shape index (κ1) is 19.4. The lowest BCUT2D eigenvalue weighted by molar-refractivity contribution is -0.146. The minimum absolute atomic E-state index is 0.0296. The van der Waals surface area contributed by atoms with Crippen molar-refractivity contribution in [1.29, 1.82) is 0 Å². The van der Waals surface area contributed by atoms with Crippen LogP contribution >= 0.6 is 0 Å². The van der Waals surface area contributed by atoms with E-state index in [1.165, 1.54) is 0 Å². The standard InChI is InChI=1S/C12H18N2O8/c1-6(2)3-8(11(20)21)14(5-15)12(22)13-7(10(18)19)4-9(16)17/h5-8H,3-4H2,1-2H3,(H,13,22)(H,16,17)(H,18,19)(H,20,21). The maximum atomic E-state index is 11.9. The number of imide groups is 1. The molecule has 124 valence electrons. The molecule has 0 fully saturated rings. The number of aliphatic carboxylic acids is 3. The third-order valence-corrected chi connectivity index (χ3v) is 2.64. The van der Waals surface area contributed by atoms with Gasteiger partial charge in [0.1, 0.15) is 12.1 Å². The number of carbonyl (C=O) groups excluding carboxylic acids is 2. The van der Waals surface area contributed by atoms with Crippen molar-refractivity contribution >= 4 is 30.3 Å². The van der Waals surface area contributed by atoms with Crippen LogP contribution in [0.25, 0.3) is 0 Å². The van der Waals surface area contributed by atoms with E-state index in [2.05, 4.69) is 0 Å². The Hall–Kier alpha value is -2.65. The molecule has 0 aliphatic rings. The Morgan fingerprint density at radius 3 is 1.95 bits per heavy atom. The van der Waals surface area contributed by atoms with E-state index in [9.17, 15) is 24.0 Å². The normalized spacial score (nSPS) is 13.0. The molecule has 0 bridgehead atoms. The molecule has 3 amide bonds. The number of hydrogen-bond acceptors (Lipinski definition) is 5. The first-order chi connectivity index (χ1) is 10.1. The number of urea groups is 1. The molecular weight excluding hydrogens is 300 g/mol. The zero-order valence-electron chi connectivity index (χ0n) is 12.1. The first-order valence-electron chi connectivity index (χ1n) is 6.31. The summed E-state index contributed by atoms with van der Waals surface area (Å²) in [6.07, 6.45) is -0.968. The largest absolute Gasteiger partial charge is 0.481 e. The molecule has 10 nitrogen and oxygen atoms in total. The fourth-order valence-corrected chi connectivity index (χ4v) is 1.64. The van der Waals surface area contributed by atoms with Gasteiger partial charge in [0.25, 0.3) is 0 Å². The minimum Gasteiger partial charge on any atom is -0.481 e. The topological polar surface area (TPSA) is 161 Å². The highest BCUT2D eigenvalue weighted by Crippen LogP contribution is 2.11. The second-order valence-corrected chi connectivity index (χ2v) is 4.93. The van der Waals surface area contributed by atoms with E-state index in [-0.39, 0.29) is 18.7 Å². The SMILES string of the molecule is CC(C)CC(C(=O)O)N(C=O)C(=O)NC(CC(=O)O)C(=O)O. The van der Waals surface area contributed by atoms with Crippen molar-refractivity contribution in [2.75, 3.05) is 0 Å². The molecule has 0 aromatic rings. The summed E-state index contributed by atoms with van der Waals surface area (Å²) in [5.41, 5.74) is 0. The molecule has 22 heavy (non-hydrogen) atoms. The van der Waals surface area contributed by atoms with E-state index in [1.54, 1.807) is 13.8 Å². The number of nitrogens with zero attached hydrogens (tertiary/aromatic N) is 1. The molecular formula is C12H18N2O8. The van der Waals surface area contributed by atoms with E-state index in [0.29, 0.717) is 4.90 Å². The van der Waals surface area contributed by atoms with Crippen LogP contribution in [-0.4, -0.2) is 62.7 Å². The van der Waals surface area contributed by atoms with Gasteiger partial charge in [-0.3, -0.25) is 14.5 Å². The molecule has 0 rings (SSSR count). The smallest absolute Gasteiger partial charge is 0.326 e. The number of carboxylic acids is 3. The summed E-state index contributed by atoms with van der Waals surface area (Å²) in [6, 6.07) is -4.53. The molecule has 0 saturated carbocycles. The Labute approximate surface area is 125 Å². The van der Waals surface area contributed by atoms with Gasteiger partial charge in [-0.05, 0) is 12.3 Å². The average molecular weight is 318 g/mol. The lowest BCUT2D eigenvalue weighted by Crippen LogP contribution is -2.53. The number of amides is 3. The van der Waals surface area contributed by atoms with Crippen LogP contribution < -0.4 is 5.32 Å². The zero-order valence-corrected chi connectivity index (χ0v) is 12.1. The van der Waals surface area contributed by atoms with Gasteiger partial charge in [0.2, 0.25) is 6.41 Å². The van der Waals surface area contributed by atoms with Crippen molar-refractivity contribution in [1.82, 2.24) is 10.2 Å². The van der Waals surface area contributed by atoms with Crippen LogP contribution in [0, 0.1) is 5.92 Å². The van der Waals surface area contributed by atoms with Crippen molar-refractivity contribution in [2.45, 2.75) is 38.8 Å². The summed E-state index contributed by atoms with van der Waals surface area (Å²) >= 11 is 0. The second kappa shape index (κ2) is 8.60. The van der Waals surface area contributed by atoms with Crippen LogP contribution in [0.5, 0.6) is 0 Å². The summed E-state index contributed by atoms with van der Waals surface area (Å²) in [7, 11) is 0. The molecule has 0 aliphatic carbocycles. The van der Waals surface area contributed by atoms with Crippen LogP contribution in [0.1, 0.15) is 26.7 Å². The Morgan fingerprint density at radius 1 is 1.09 bits per heavy atom. The number of rotatable bonds is 9. The quantitative estimate of drug-likeness (QED) is 0.417. The number of hydrogen-bond donors (Lipinski definition) is 4. The Balaban J connectivity index is 5.15. The average Bonchev–Trinajstić information content (AvgIpc) is 2.36. The molecule has 0 spiro atoms. The lowest BCUT2D eigenvalue weighted by Gasteiger charge is -2.26. The minimum atomic E-state index is -1.78. The number of carbonyl (C=O) groups is 5. The molecule has 0 aliphatic heterocycles. The second-order valence-electron chi connectivity index (χ2n) is 4.93. The summed E-state index contributed by atoms with van der Waals surface area (Å²) in [6.45, 7) is 3.36. The highest BCUT2D eigenvalue weighted by molar-refractivity contribution is 5.93. The fourth-order valence-electron chi connectivity index (χ4n) is 1.64. The predicted molar refractivity (Wildman–Crippen MR) is 71.0 cm³/mol. The number of carboxylic acid groups (broad SMARTS) is 3. The predicted octanol–water partition coefficient (Wildman–Crippen LogP) is -0.418. The third kappa shape index (κ3) is 6.20.